The smallest absolute Gasteiger partial charge is 0.249 e. The molecular weight excluding hydrogens is 673 g/mol. The Morgan fingerprint density at radius 3 is 2.16 bits per heavy atom. The molecule has 9 heteroatoms. The highest BCUT2D eigenvalue weighted by Gasteiger charge is 2.23. The van der Waals surface area contributed by atoms with Crippen molar-refractivity contribution in [3.8, 4) is 17.4 Å². The van der Waals surface area contributed by atoms with E-state index in [9.17, 15) is 4.79 Å². The molecule has 0 bridgehead atoms. The van der Waals surface area contributed by atoms with Crippen LogP contribution in [0, 0.1) is 13.8 Å². The molecule has 4 aromatic rings. The second kappa shape index (κ2) is 15.8. The van der Waals surface area contributed by atoms with E-state index in [0.29, 0.717) is 47.7 Å². The summed E-state index contributed by atoms with van der Waals surface area (Å²) in [5, 5.41) is 1.19. The summed E-state index contributed by atoms with van der Waals surface area (Å²) in [6.45, 7) is 12.2. The number of pyridine rings is 1. The van der Waals surface area contributed by atoms with Crippen LogP contribution in [0.4, 0.5) is 0 Å². The standard InChI is InChI=1S/C36H37Cl2N3O3.BrH/c1-24-5-7-29(8-6-24)23-43-32-13-14-34(39-21-32)44-35-25(2)19-30(20-33(35)38)26(3)27(4)36(42)41-17-15-40(16-18-41)22-28-9-11-31(37)12-10-28;/h5-14,19-21H,15-18,22-23H2,1-4H3;1H/b27-26+;. The zero-order chi connectivity index (χ0) is 31.2. The van der Waals surface area contributed by atoms with Crippen molar-refractivity contribution in [1.29, 1.82) is 0 Å². The summed E-state index contributed by atoms with van der Waals surface area (Å²) < 4.78 is 11.9. The number of carbonyl (C=O) groups is 1. The minimum Gasteiger partial charge on any atom is -0.487 e. The SMILES string of the molecule is Br.C/C(C(=O)N1CCN(Cc2ccc(Cl)cc2)CC1)=C(/C)c1cc(C)c(Oc2ccc(OCc3ccc(C)cc3)cn2)c(Cl)c1. The molecule has 1 fully saturated rings. The van der Waals surface area contributed by atoms with Crippen molar-refractivity contribution >= 4 is 51.7 Å². The van der Waals surface area contributed by atoms with Gasteiger partial charge in [-0.05, 0) is 85.9 Å². The summed E-state index contributed by atoms with van der Waals surface area (Å²) >= 11 is 12.7. The molecule has 0 spiro atoms. The van der Waals surface area contributed by atoms with Crippen molar-refractivity contribution in [1.82, 2.24) is 14.8 Å². The van der Waals surface area contributed by atoms with E-state index in [4.69, 9.17) is 32.7 Å². The molecule has 1 aromatic heterocycles. The highest BCUT2D eigenvalue weighted by molar-refractivity contribution is 8.93. The van der Waals surface area contributed by atoms with Gasteiger partial charge in [-0.25, -0.2) is 4.98 Å². The molecule has 1 aliphatic heterocycles. The van der Waals surface area contributed by atoms with Crippen molar-refractivity contribution in [2.24, 2.45) is 0 Å². The Morgan fingerprint density at radius 2 is 1.53 bits per heavy atom. The number of hydrogen-bond donors (Lipinski definition) is 0. The van der Waals surface area contributed by atoms with Gasteiger partial charge in [-0.1, -0.05) is 65.2 Å². The topological polar surface area (TPSA) is 54.9 Å². The van der Waals surface area contributed by atoms with Gasteiger partial charge in [0.25, 0.3) is 0 Å². The summed E-state index contributed by atoms with van der Waals surface area (Å²) in [4.78, 5) is 22.1. The maximum absolute atomic E-state index is 13.4. The van der Waals surface area contributed by atoms with Gasteiger partial charge in [-0.3, -0.25) is 9.69 Å². The lowest BCUT2D eigenvalue weighted by molar-refractivity contribution is -0.128. The zero-order valence-electron chi connectivity index (χ0n) is 26.0. The quantitative estimate of drug-likeness (QED) is 0.162. The Kier molecular flexibility index (Phi) is 12.1. The molecule has 1 saturated heterocycles. The average molecular weight is 712 g/mol. The van der Waals surface area contributed by atoms with Crippen LogP contribution < -0.4 is 9.47 Å². The van der Waals surface area contributed by atoms with Gasteiger partial charge < -0.3 is 14.4 Å². The number of ether oxygens (including phenoxy) is 2. The summed E-state index contributed by atoms with van der Waals surface area (Å²) in [5.41, 5.74) is 6.87. The lowest BCUT2D eigenvalue weighted by Crippen LogP contribution is -2.48. The Hall–Kier alpha value is -3.36. The van der Waals surface area contributed by atoms with Crippen LogP contribution in [0.25, 0.3) is 5.57 Å². The molecule has 3 aromatic carbocycles. The number of nitrogens with zero attached hydrogens (tertiary/aromatic N) is 3. The van der Waals surface area contributed by atoms with E-state index in [-0.39, 0.29) is 22.9 Å². The monoisotopic (exact) mass is 709 g/mol. The molecule has 0 aliphatic carbocycles. The first-order valence-electron chi connectivity index (χ1n) is 14.7. The minimum atomic E-state index is 0. The van der Waals surface area contributed by atoms with Gasteiger partial charge in [0.15, 0.2) is 5.75 Å². The number of benzene rings is 3. The normalized spacial score (nSPS) is 14.0. The third kappa shape index (κ3) is 9.10. The van der Waals surface area contributed by atoms with Crippen LogP contribution in [-0.2, 0) is 17.9 Å². The fourth-order valence-corrected chi connectivity index (χ4v) is 5.55. The van der Waals surface area contributed by atoms with E-state index in [1.165, 1.54) is 11.1 Å². The summed E-state index contributed by atoms with van der Waals surface area (Å²) in [6, 6.07) is 23.6. The van der Waals surface area contributed by atoms with Crippen LogP contribution >= 0.6 is 40.2 Å². The van der Waals surface area contributed by atoms with E-state index in [0.717, 1.165) is 46.9 Å². The van der Waals surface area contributed by atoms with Crippen LogP contribution in [0.5, 0.6) is 17.4 Å². The second-order valence-electron chi connectivity index (χ2n) is 11.3. The van der Waals surface area contributed by atoms with Gasteiger partial charge in [0.2, 0.25) is 11.8 Å². The van der Waals surface area contributed by atoms with Gasteiger partial charge in [0, 0.05) is 49.4 Å². The molecule has 1 aliphatic rings. The van der Waals surface area contributed by atoms with Crippen LogP contribution in [-0.4, -0.2) is 46.9 Å². The highest BCUT2D eigenvalue weighted by atomic mass is 79.9. The van der Waals surface area contributed by atoms with E-state index in [1.807, 2.05) is 56.0 Å². The van der Waals surface area contributed by atoms with Crippen LogP contribution in [0.3, 0.4) is 0 Å². The maximum Gasteiger partial charge on any atom is 0.249 e. The molecule has 0 radical (unpaired) electrons. The first kappa shape index (κ1) is 34.5. The number of amides is 1. The first-order valence-corrected chi connectivity index (χ1v) is 15.5. The zero-order valence-corrected chi connectivity index (χ0v) is 29.2. The van der Waals surface area contributed by atoms with Crippen molar-refractivity contribution in [3.05, 3.63) is 122 Å². The van der Waals surface area contributed by atoms with Crippen LogP contribution in [0.2, 0.25) is 10.0 Å². The number of hydrogen-bond acceptors (Lipinski definition) is 5. The molecule has 1 amide bonds. The Balaban J connectivity index is 0.00000461. The van der Waals surface area contributed by atoms with Crippen LogP contribution in [0.15, 0.2) is 84.6 Å². The molecule has 236 valence electrons. The predicted octanol–water partition coefficient (Wildman–Crippen LogP) is 9.09. The fraction of sp³-hybridized carbons (Fsp3) is 0.278. The van der Waals surface area contributed by atoms with Gasteiger partial charge in [-0.2, -0.15) is 0 Å². The molecule has 0 atom stereocenters. The van der Waals surface area contributed by atoms with Crippen molar-refractivity contribution in [2.45, 2.75) is 40.8 Å². The van der Waals surface area contributed by atoms with E-state index >= 15 is 0 Å². The molecule has 0 unspecified atom stereocenters. The number of rotatable bonds is 9. The molecule has 0 saturated carbocycles. The van der Waals surface area contributed by atoms with Crippen molar-refractivity contribution in [3.63, 3.8) is 0 Å². The Labute approximate surface area is 286 Å². The largest absolute Gasteiger partial charge is 0.487 e. The van der Waals surface area contributed by atoms with Gasteiger partial charge in [0.05, 0.1) is 11.2 Å². The van der Waals surface area contributed by atoms with Gasteiger partial charge >= 0.3 is 0 Å². The third-order valence-electron chi connectivity index (χ3n) is 7.97. The summed E-state index contributed by atoms with van der Waals surface area (Å²) in [6.07, 6.45) is 1.64. The Bertz CT molecular complexity index is 1610. The van der Waals surface area contributed by atoms with Crippen LogP contribution in [0.1, 0.15) is 41.7 Å². The summed E-state index contributed by atoms with van der Waals surface area (Å²) in [5.74, 6) is 1.65. The third-order valence-corrected chi connectivity index (χ3v) is 8.50. The van der Waals surface area contributed by atoms with E-state index in [2.05, 4.69) is 53.2 Å². The van der Waals surface area contributed by atoms with E-state index in [1.54, 1.807) is 12.3 Å². The highest BCUT2D eigenvalue weighted by Crippen LogP contribution is 2.36. The maximum atomic E-state index is 13.4. The summed E-state index contributed by atoms with van der Waals surface area (Å²) in [7, 11) is 0. The van der Waals surface area contributed by atoms with Gasteiger partial charge in [-0.15, -0.1) is 17.0 Å². The number of carbonyl (C=O) groups excluding carboxylic acids is 1. The lowest BCUT2D eigenvalue weighted by atomic mass is 9.99. The predicted molar refractivity (Wildman–Crippen MR) is 188 cm³/mol. The first-order chi connectivity index (χ1) is 21.2. The number of aromatic nitrogens is 1. The van der Waals surface area contributed by atoms with E-state index < -0.39 is 0 Å². The van der Waals surface area contributed by atoms with Gasteiger partial charge in [0.1, 0.15) is 12.4 Å². The lowest BCUT2D eigenvalue weighted by Gasteiger charge is -2.35. The molecule has 5 rings (SSSR count). The number of allylic oxidation sites excluding steroid dienone is 1. The average Bonchev–Trinajstić information content (AvgIpc) is 3.03. The van der Waals surface area contributed by atoms with Crippen molar-refractivity contribution in [2.75, 3.05) is 26.2 Å². The second-order valence-corrected chi connectivity index (χ2v) is 12.1. The Morgan fingerprint density at radius 1 is 0.867 bits per heavy atom. The molecule has 45 heavy (non-hydrogen) atoms. The van der Waals surface area contributed by atoms with Crippen molar-refractivity contribution < 1.29 is 14.3 Å². The molecule has 0 N–H and O–H groups in total. The molecule has 6 nitrogen and oxygen atoms in total. The number of halogens is 3. The molecular formula is C36H38BrCl2N3O3. The number of aryl methyl sites for hydroxylation is 2. The minimum absolute atomic E-state index is 0. The molecule has 2 heterocycles. The fourth-order valence-electron chi connectivity index (χ4n) is 5.12. The number of piperazine rings is 1.